The number of nitrogens with zero attached hydrogens (tertiary/aromatic N) is 6. The number of benzene rings is 3. The Morgan fingerprint density at radius 3 is 2.17 bits per heavy atom. The molecule has 2 fully saturated rings. The van der Waals surface area contributed by atoms with Gasteiger partial charge in [-0.05, 0) is 79.1 Å². The molecule has 10 nitrogen and oxygen atoms in total. The molecule has 3 heterocycles. The molecule has 0 aliphatic carbocycles. The zero-order valence-corrected chi connectivity index (χ0v) is 23.8. The van der Waals surface area contributed by atoms with Gasteiger partial charge in [0, 0.05) is 26.2 Å². The van der Waals surface area contributed by atoms with Gasteiger partial charge in [0.15, 0.2) is 11.5 Å². The van der Waals surface area contributed by atoms with Gasteiger partial charge in [-0.3, -0.25) is 0 Å². The number of carbonyl (C=O) groups excluding carboxylic acids is 1. The van der Waals surface area contributed by atoms with E-state index < -0.39 is 5.97 Å². The smallest absolute Gasteiger partial charge is 0.344 e. The van der Waals surface area contributed by atoms with Crippen molar-refractivity contribution in [2.45, 2.75) is 38.5 Å². The zero-order valence-electron chi connectivity index (χ0n) is 23.8. The van der Waals surface area contributed by atoms with Crippen molar-refractivity contribution >= 4 is 40.8 Å². The number of methoxy groups -OCH3 is 1. The Morgan fingerprint density at radius 1 is 0.810 bits per heavy atom. The van der Waals surface area contributed by atoms with Gasteiger partial charge in [-0.2, -0.15) is 20.1 Å². The third-order valence-electron chi connectivity index (χ3n) is 7.67. The second-order valence-electron chi connectivity index (χ2n) is 10.6. The van der Waals surface area contributed by atoms with Crippen LogP contribution >= 0.6 is 0 Å². The van der Waals surface area contributed by atoms with E-state index in [0.29, 0.717) is 34.9 Å². The Kier molecular flexibility index (Phi) is 8.39. The van der Waals surface area contributed by atoms with Crippen LogP contribution in [-0.2, 0) is 0 Å². The number of carbonyl (C=O) groups is 1. The number of hydrazone groups is 1. The number of fused-ring (bicyclic) bond motifs is 1. The van der Waals surface area contributed by atoms with Crippen LogP contribution in [0.25, 0.3) is 10.8 Å². The van der Waals surface area contributed by atoms with Crippen molar-refractivity contribution in [3.8, 4) is 11.5 Å². The van der Waals surface area contributed by atoms with Gasteiger partial charge in [0.2, 0.25) is 17.8 Å². The Hall–Kier alpha value is -4.73. The number of rotatable bonds is 8. The first-order valence-electron chi connectivity index (χ1n) is 14.6. The molecule has 0 radical (unpaired) electrons. The molecule has 1 N–H and O–H groups in total. The van der Waals surface area contributed by atoms with Crippen LogP contribution in [0, 0.1) is 0 Å². The average Bonchev–Trinajstić information content (AvgIpc) is 3.05. The van der Waals surface area contributed by atoms with E-state index >= 15 is 0 Å². The van der Waals surface area contributed by atoms with Crippen LogP contribution in [0.15, 0.2) is 65.8 Å². The Bertz CT molecular complexity index is 1540. The maximum absolute atomic E-state index is 13.1. The number of anilines is 3. The summed E-state index contributed by atoms with van der Waals surface area (Å²) in [5.41, 5.74) is 4.25. The second kappa shape index (κ2) is 12.8. The number of esters is 1. The molecule has 216 valence electrons. The first-order valence-corrected chi connectivity index (χ1v) is 14.6. The van der Waals surface area contributed by atoms with Crippen LogP contribution in [0.4, 0.5) is 17.8 Å². The number of nitrogens with one attached hydrogen (secondary N) is 1. The molecule has 1 aromatic heterocycles. The number of aromatic nitrogens is 3. The maximum atomic E-state index is 13.1. The number of ether oxygens (including phenoxy) is 2. The van der Waals surface area contributed by atoms with E-state index in [2.05, 4.69) is 30.3 Å². The molecule has 2 saturated heterocycles. The van der Waals surface area contributed by atoms with Crippen LogP contribution in [0.3, 0.4) is 0 Å². The molecule has 2 aliphatic heterocycles. The molecule has 0 bridgehead atoms. The van der Waals surface area contributed by atoms with E-state index in [9.17, 15) is 4.79 Å². The molecule has 0 amide bonds. The Morgan fingerprint density at radius 2 is 1.48 bits per heavy atom. The zero-order chi connectivity index (χ0) is 28.7. The summed E-state index contributed by atoms with van der Waals surface area (Å²) in [5.74, 6) is 2.11. The molecule has 3 aromatic carbocycles. The maximum Gasteiger partial charge on any atom is 0.344 e. The van der Waals surface area contributed by atoms with Gasteiger partial charge in [-0.15, -0.1) is 0 Å². The number of hydrogen-bond acceptors (Lipinski definition) is 10. The van der Waals surface area contributed by atoms with Gasteiger partial charge >= 0.3 is 5.97 Å². The molecule has 6 rings (SSSR count). The van der Waals surface area contributed by atoms with Crippen LogP contribution in [0.1, 0.15) is 54.4 Å². The van der Waals surface area contributed by atoms with Crippen LogP contribution < -0.4 is 24.7 Å². The average molecular weight is 566 g/mol. The lowest BCUT2D eigenvalue weighted by Crippen LogP contribution is -2.34. The lowest BCUT2D eigenvalue weighted by atomic mass is 10.0. The standard InChI is InChI=1S/C32H35N7O3/c1-41-28-21-23(15-16-27(28)42-29(40)26-14-10-12-24-11-4-5-13-25(24)26)22-33-37-30-34-31(38-17-6-2-7-18-38)36-32(35-30)39-19-8-3-9-20-39/h4-5,10-16,21-22H,2-3,6-9,17-20H2,1H3,(H,34,35,36,37)/b33-22+. The minimum atomic E-state index is -0.447. The Balaban J connectivity index is 1.18. The predicted molar refractivity (Wildman–Crippen MR) is 165 cm³/mol. The molecule has 2 aliphatic rings. The lowest BCUT2D eigenvalue weighted by Gasteiger charge is -2.30. The fourth-order valence-electron chi connectivity index (χ4n) is 5.45. The molecule has 0 unspecified atom stereocenters. The van der Waals surface area contributed by atoms with E-state index in [-0.39, 0.29) is 0 Å². The molecular weight excluding hydrogens is 530 g/mol. The molecule has 4 aromatic rings. The number of piperidine rings is 2. The summed E-state index contributed by atoms with van der Waals surface area (Å²) in [7, 11) is 1.54. The molecule has 0 spiro atoms. The summed E-state index contributed by atoms with van der Waals surface area (Å²) in [6.45, 7) is 3.79. The van der Waals surface area contributed by atoms with Gasteiger partial charge in [0.25, 0.3) is 0 Å². The first kappa shape index (κ1) is 27.4. The molecular formula is C32H35N7O3. The lowest BCUT2D eigenvalue weighted by molar-refractivity contribution is 0.0732. The Labute approximate surface area is 245 Å². The van der Waals surface area contributed by atoms with E-state index in [0.717, 1.165) is 68.2 Å². The highest BCUT2D eigenvalue weighted by Gasteiger charge is 2.20. The van der Waals surface area contributed by atoms with Crippen LogP contribution in [-0.4, -0.2) is 60.4 Å². The van der Waals surface area contributed by atoms with Crippen molar-refractivity contribution in [3.05, 3.63) is 71.8 Å². The summed E-state index contributed by atoms with van der Waals surface area (Å²) in [6.07, 6.45) is 8.69. The molecule has 0 saturated carbocycles. The van der Waals surface area contributed by atoms with Gasteiger partial charge in [0.1, 0.15) is 0 Å². The van der Waals surface area contributed by atoms with Crippen molar-refractivity contribution in [2.24, 2.45) is 5.10 Å². The molecule has 0 atom stereocenters. The summed E-state index contributed by atoms with van der Waals surface area (Å²) >= 11 is 0. The summed E-state index contributed by atoms with van der Waals surface area (Å²) in [5, 5.41) is 6.22. The minimum absolute atomic E-state index is 0.329. The van der Waals surface area contributed by atoms with Gasteiger partial charge < -0.3 is 19.3 Å². The van der Waals surface area contributed by atoms with Crippen molar-refractivity contribution in [1.29, 1.82) is 0 Å². The monoisotopic (exact) mass is 565 g/mol. The normalized spacial score (nSPS) is 15.6. The minimum Gasteiger partial charge on any atom is -0.493 e. The topological polar surface area (TPSA) is 105 Å². The fourth-order valence-corrected chi connectivity index (χ4v) is 5.45. The van der Waals surface area contributed by atoms with Crippen molar-refractivity contribution < 1.29 is 14.3 Å². The summed E-state index contributed by atoms with van der Waals surface area (Å²) in [4.78, 5) is 31.7. The quantitative estimate of drug-likeness (QED) is 0.125. The number of hydrogen-bond donors (Lipinski definition) is 1. The molecule has 42 heavy (non-hydrogen) atoms. The highest BCUT2D eigenvalue weighted by Crippen LogP contribution is 2.30. The highest BCUT2D eigenvalue weighted by atomic mass is 16.6. The third-order valence-corrected chi connectivity index (χ3v) is 7.67. The van der Waals surface area contributed by atoms with Crippen molar-refractivity contribution in [3.63, 3.8) is 0 Å². The van der Waals surface area contributed by atoms with E-state index in [1.54, 1.807) is 31.5 Å². The second-order valence-corrected chi connectivity index (χ2v) is 10.6. The highest BCUT2D eigenvalue weighted by molar-refractivity contribution is 6.05. The summed E-state index contributed by atoms with van der Waals surface area (Å²) in [6, 6.07) is 18.6. The summed E-state index contributed by atoms with van der Waals surface area (Å²) < 4.78 is 11.3. The van der Waals surface area contributed by atoms with Crippen molar-refractivity contribution in [2.75, 3.05) is 48.5 Å². The largest absolute Gasteiger partial charge is 0.493 e. The third kappa shape index (κ3) is 6.27. The molecule has 10 heteroatoms. The van der Waals surface area contributed by atoms with Gasteiger partial charge in [0.05, 0.1) is 18.9 Å². The van der Waals surface area contributed by atoms with Gasteiger partial charge in [-0.1, -0.05) is 36.4 Å². The van der Waals surface area contributed by atoms with Gasteiger partial charge in [-0.25, -0.2) is 10.2 Å². The van der Waals surface area contributed by atoms with Crippen LogP contribution in [0.5, 0.6) is 11.5 Å². The van der Waals surface area contributed by atoms with E-state index in [1.165, 1.54) is 12.8 Å². The predicted octanol–water partition coefficient (Wildman–Crippen LogP) is 5.68. The fraction of sp³-hybridized carbons (Fsp3) is 0.344. The van der Waals surface area contributed by atoms with Crippen molar-refractivity contribution in [1.82, 2.24) is 15.0 Å². The SMILES string of the molecule is COc1cc(/C=N/Nc2nc(N3CCCCC3)nc(N3CCCCC3)n2)ccc1OC(=O)c1cccc2ccccc12. The first-order chi connectivity index (χ1) is 20.7. The van der Waals surface area contributed by atoms with E-state index in [4.69, 9.17) is 14.5 Å². The van der Waals surface area contributed by atoms with E-state index in [1.807, 2.05) is 42.5 Å². The van der Waals surface area contributed by atoms with Crippen LogP contribution in [0.2, 0.25) is 0 Å².